The van der Waals surface area contributed by atoms with Gasteiger partial charge in [0.25, 0.3) is 0 Å². The summed E-state index contributed by atoms with van der Waals surface area (Å²) >= 11 is 0. The van der Waals surface area contributed by atoms with Crippen molar-refractivity contribution in [1.29, 1.82) is 5.26 Å². The van der Waals surface area contributed by atoms with E-state index in [4.69, 9.17) is 0 Å². The molecule has 0 saturated carbocycles. The van der Waals surface area contributed by atoms with Crippen molar-refractivity contribution in [2.45, 2.75) is 64.5 Å². The summed E-state index contributed by atoms with van der Waals surface area (Å²) in [7, 11) is 2.25. The van der Waals surface area contributed by atoms with E-state index >= 15 is 0 Å². The molecule has 1 atom stereocenters. The van der Waals surface area contributed by atoms with Gasteiger partial charge >= 0.3 is 0 Å². The van der Waals surface area contributed by atoms with Crippen LogP contribution in [0.2, 0.25) is 0 Å². The fourth-order valence-electron chi connectivity index (χ4n) is 3.13. The summed E-state index contributed by atoms with van der Waals surface area (Å²) in [5, 5.41) is 12.7. The van der Waals surface area contributed by atoms with Crippen LogP contribution in [0.15, 0.2) is 0 Å². The molecule has 1 heterocycles. The Labute approximate surface area is 131 Å². The van der Waals surface area contributed by atoms with Crippen molar-refractivity contribution < 1.29 is 0 Å². The Hall–Kier alpha value is -0.630. The average Bonchev–Trinajstić information content (AvgIpc) is 2.53. The van der Waals surface area contributed by atoms with Crippen molar-refractivity contribution in [3.05, 3.63) is 0 Å². The highest BCUT2D eigenvalue weighted by Crippen LogP contribution is 2.17. The van der Waals surface area contributed by atoms with E-state index in [2.05, 4.69) is 42.1 Å². The van der Waals surface area contributed by atoms with Gasteiger partial charge < -0.3 is 9.80 Å². The van der Waals surface area contributed by atoms with Gasteiger partial charge in [-0.25, -0.2) is 0 Å². The van der Waals surface area contributed by atoms with Crippen LogP contribution >= 0.6 is 0 Å². The molecule has 0 amide bonds. The van der Waals surface area contributed by atoms with Crippen LogP contribution in [0, 0.1) is 11.3 Å². The number of likely N-dealkylation sites (tertiary alicyclic amines) is 1. The molecule has 1 aliphatic heterocycles. The smallest absolute Gasteiger partial charge is 0.103 e. The number of nitrogens with zero attached hydrogens (tertiary/aromatic N) is 3. The first-order valence-corrected chi connectivity index (χ1v) is 8.63. The molecule has 4 nitrogen and oxygen atoms in total. The lowest BCUT2D eigenvalue weighted by Gasteiger charge is -2.36. The lowest BCUT2D eigenvalue weighted by molar-refractivity contribution is 0.129. The highest BCUT2D eigenvalue weighted by atomic mass is 15.2. The van der Waals surface area contributed by atoms with Crippen LogP contribution in [0.5, 0.6) is 0 Å². The highest BCUT2D eigenvalue weighted by Gasteiger charge is 2.24. The first-order valence-electron chi connectivity index (χ1n) is 8.63. The van der Waals surface area contributed by atoms with Crippen molar-refractivity contribution in [3.8, 4) is 6.07 Å². The molecule has 0 bridgehead atoms. The molecule has 1 N–H and O–H groups in total. The summed E-state index contributed by atoms with van der Waals surface area (Å²) in [5.41, 5.74) is -0.359. The van der Waals surface area contributed by atoms with E-state index in [1.807, 2.05) is 6.92 Å². The summed E-state index contributed by atoms with van der Waals surface area (Å²) < 4.78 is 0. The van der Waals surface area contributed by atoms with Gasteiger partial charge in [-0.15, -0.1) is 0 Å². The molecule has 1 aliphatic rings. The van der Waals surface area contributed by atoms with E-state index < -0.39 is 0 Å². The topological polar surface area (TPSA) is 42.3 Å². The minimum Gasteiger partial charge on any atom is -0.303 e. The number of nitriles is 1. The van der Waals surface area contributed by atoms with Gasteiger partial charge in [0, 0.05) is 6.04 Å². The van der Waals surface area contributed by atoms with E-state index in [0.29, 0.717) is 0 Å². The maximum Gasteiger partial charge on any atom is 0.103 e. The second kappa shape index (κ2) is 9.40. The van der Waals surface area contributed by atoms with Crippen LogP contribution < -0.4 is 5.32 Å². The SMILES string of the molecule is CCCNC(C)(C#N)CCCN(C)C1CCN(CC)CC1. The van der Waals surface area contributed by atoms with E-state index in [-0.39, 0.29) is 5.54 Å². The van der Waals surface area contributed by atoms with Gasteiger partial charge in [0.05, 0.1) is 6.07 Å². The first-order chi connectivity index (χ1) is 10.0. The van der Waals surface area contributed by atoms with E-state index in [1.165, 1.54) is 32.5 Å². The predicted octanol–water partition coefficient (Wildman–Crippen LogP) is 2.46. The van der Waals surface area contributed by atoms with Crippen LogP contribution in [0.4, 0.5) is 0 Å². The molecule has 0 spiro atoms. The molecule has 122 valence electrons. The third kappa shape index (κ3) is 6.34. The second-order valence-electron chi connectivity index (χ2n) is 6.62. The molecule has 0 aromatic heterocycles. The quantitative estimate of drug-likeness (QED) is 0.709. The van der Waals surface area contributed by atoms with Crippen molar-refractivity contribution >= 4 is 0 Å². The Morgan fingerprint density at radius 3 is 2.52 bits per heavy atom. The van der Waals surface area contributed by atoms with Gasteiger partial charge in [0.15, 0.2) is 0 Å². The lowest BCUT2D eigenvalue weighted by Crippen LogP contribution is -2.44. The molecule has 0 aliphatic carbocycles. The van der Waals surface area contributed by atoms with Gasteiger partial charge in [-0.1, -0.05) is 13.8 Å². The van der Waals surface area contributed by atoms with Gasteiger partial charge in [0.2, 0.25) is 0 Å². The molecular formula is C17H34N4. The zero-order valence-electron chi connectivity index (χ0n) is 14.5. The number of nitrogens with one attached hydrogen (secondary N) is 1. The largest absolute Gasteiger partial charge is 0.303 e. The van der Waals surface area contributed by atoms with Crippen LogP contribution in [-0.2, 0) is 0 Å². The van der Waals surface area contributed by atoms with Gasteiger partial charge in [-0.05, 0) is 78.8 Å². The minimum absolute atomic E-state index is 0.359. The number of hydrogen-bond acceptors (Lipinski definition) is 4. The van der Waals surface area contributed by atoms with Gasteiger partial charge in [-0.3, -0.25) is 5.32 Å². The summed E-state index contributed by atoms with van der Waals surface area (Å²) in [5.74, 6) is 0. The fraction of sp³-hybridized carbons (Fsp3) is 0.941. The molecule has 0 aromatic rings. The molecule has 4 heteroatoms. The van der Waals surface area contributed by atoms with Crippen molar-refractivity contribution in [1.82, 2.24) is 15.1 Å². The fourth-order valence-corrected chi connectivity index (χ4v) is 3.13. The molecule has 1 fully saturated rings. The molecule has 1 saturated heterocycles. The second-order valence-corrected chi connectivity index (χ2v) is 6.62. The summed E-state index contributed by atoms with van der Waals surface area (Å²) in [4.78, 5) is 5.04. The molecule has 1 unspecified atom stereocenters. The molecule has 0 radical (unpaired) electrons. The average molecular weight is 294 g/mol. The predicted molar refractivity (Wildman–Crippen MR) is 89.3 cm³/mol. The lowest BCUT2D eigenvalue weighted by atomic mass is 9.96. The monoisotopic (exact) mass is 294 g/mol. The number of piperidine rings is 1. The van der Waals surface area contributed by atoms with Crippen LogP contribution in [-0.4, -0.2) is 61.2 Å². The Balaban J connectivity index is 2.26. The van der Waals surface area contributed by atoms with E-state index in [9.17, 15) is 5.26 Å². The first kappa shape index (κ1) is 18.4. The van der Waals surface area contributed by atoms with E-state index in [0.717, 1.165) is 38.4 Å². The summed E-state index contributed by atoms with van der Waals surface area (Å²) in [6, 6.07) is 3.17. The zero-order chi connectivity index (χ0) is 15.7. The Morgan fingerprint density at radius 2 is 2.00 bits per heavy atom. The molecule has 1 rings (SSSR count). The highest BCUT2D eigenvalue weighted by molar-refractivity contribution is 5.03. The number of hydrogen-bond donors (Lipinski definition) is 1. The van der Waals surface area contributed by atoms with Gasteiger partial charge in [-0.2, -0.15) is 5.26 Å². The van der Waals surface area contributed by atoms with Crippen LogP contribution in [0.25, 0.3) is 0 Å². The van der Waals surface area contributed by atoms with Crippen molar-refractivity contribution in [3.63, 3.8) is 0 Å². The third-order valence-corrected chi connectivity index (χ3v) is 4.83. The Morgan fingerprint density at radius 1 is 1.33 bits per heavy atom. The molecule has 0 aromatic carbocycles. The van der Waals surface area contributed by atoms with Crippen LogP contribution in [0.1, 0.15) is 52.9 Å². The maximum absolute atomic E-state index is 9.35. The Bertz CT molecular complexity index is 317. The summed E-state index contributed by atoms with van der Waals surface area (Å²) in [6.45, 7) is 12.1. The van der Waals surface area contributed by atoms with Crippen molar-refractivity contribution in [2.75, 3.05) is 39.8 Å². The minimum atomic E-state index is -0.359. The Kier molecular flexibility index (Phi) is 8.24. The van der Waals surface area contributed by atoms with E-state index in [1.54, 1.807) is 0 Å². The van der Waals surface area contributed by atoms with Gasteiger partial charge in [0.1, 0.15) is 5.54 Å². The molecular weight excluding hydrogens is 260 g/mol. The molecule has 21 heavy (non-hydrogen) atoms. The third-order valence-electron chi connectivity index (χ3n) is 4.83. The summed E-state index contributed by atoms with van der Waals surface area (Å²) in [6.07, 6.45) is 5.67. The normalized spacial score (nSPS) is 20.4. The standard InChI is InChI=1S/C17H34N4/c1-5-11-19-17(3,15-18)10-7-12-20(4)16-8-13-21(6-2)14-9-16/h16,19H,5-14H2,1-4H3. The zero-order valence-corrected chi connectivity index (χ0v) is 14.5. The number of rotatable bonds is 9. The van der Waals surface area contributed by atoms with Crippen molar-refractivity contribution in [2.24, 2.45) is 0 Å². The van der Waals surface area contributed by atoms with Crippen LogP contribution in [0.3, 0.4) is 0 Å². The maximum atomic E-state index is 9.35.